The Balaban J connectivity index is 1.39. The number of benzene rings is 1. The number of piperidine rings is 1. The van der Waals surface area contributed by atoms with E-state index in [0.29, 0.717) is 18.6 Å². The molecule has 6 rings (SSSR count). The van der Waals surface area contributed by atoms with E-state index in [9.17, 15) is 15.0 Å². The van der Waals surface area contributed by atoms with Crippen molar-refractivity contribution in [3.05, 3.63) is 53.5 Å². The molecule has 2 aromatic rings. The van der Waals surface area contributed by atoms with Crippen LogP contribution in [-0.4, -0.2) is 69.8 Å². The summed E-state index contributed by atoms with van der Waals surface area (Å²) in [5.41, 5.74) is 1.04. The van der Waals surface area contributed by atoms with Gasteiger partial charge in [-0.1, -0.05) is 6.07 Å². The monoisotopic (exact) mass is 492 g/mol. The van der Waals surface area contributed by atoms with Crippen molar-refractivity contribution in [2.75, 3.05) is 20.1 Å². The highest BCUT2D eigenvalue weighted by atomic mass is 16.5. The Labute approximate surface area is 212 Å². The van der Waals surface area contributed by atoms with Gasteiger partial charge in [-0.05, 0) is 82.2 Å². The van der Waals surface area contributed by atoms with E-state index in [-0.39, 0.29) is 23.7 Å². The molecule has 5 atom stereocenters. The van der Waals surface area contributed by atoms with Crippen molar-refractivity contribution in [1.29, 1.82) is 0 Å². The molecular formula is C29H36N2O5. The molecule has 3 heterocycles. The van der Waals surface area contributed by atoms with E-state index in [1.165, 1.54) is 12.8 Å². The van der Waals surface area contributed by atoms with E-state index >= 15 is 0 Å². The Hall–Kier alpha value is -2.77. The van der Waals surface area contributed by atoms with Crippen LogP contribution in [0.1, 0.15) is 55.7 Å². The summed E-state index contributed by atoms with van der Waals surface area (Å²) < 4.78 is 11.7. The minimum absolute atomic E-state index is 0.0476. The SMILES string of the molecule is Cc1ccc(O)c2c1[C@]13CCN(CC4CC4)[C@H](C)[C@]1(O)CC[C@@H](N(C)C(=O)/C=C/c1ccoc1)[C@@H]3O2. The summed E-state index contributed by atoms with van der Waals surface area (Å²) in [5, 5.41) is 23.4. The fourth-order valence-electron chi connectivity index (χ4n) is 7.30. The van der Waals surface area contributed by atoms with Crippen LogP contribution in [0.4, 0.5) is 0 Å². The van der Waals surface area contributed by atoms with Crippen LogP contribution in [0.3, 0.4) is 0 Å². The van der Waals surface area contributed by atoms with E-state index < -0.39 is 17.1 Å². The normalized spacial score (nSPS) is 33.6. The van der Waals surface area contributed by atoms with Gasteiger partial charge in [-0.15, -0.1) is 0 Å². The zero-order valence-electron chi connectivity index (χ0n) is 21.3. The number of phenols is 1. The lowest BCUT2D eigenvalue weighted by molar-refractivity contribution is -0.191. The largest absolute Gasteiger partial charge is 0.504 e. The van der Waals surface area contributed by atoms with Crippen molar-refractivity contribution < 1.29 is 24.2 Å². The fourth-order valence-corrected chi connectivity index (χ4v) is 7.30. The number of phenolic OH excluding ortho intramolecular Hbond substituents is 1. The Morgan fingerprint density at radius 2 is 2.06 bits per heavy atom. The summed E-state index contributed by atoms with van der Waals surface area (Å²) in [7, 11) is 1.81. The van der Waals surface area contributed by atoms with Crippen LogP contribution < -0.4 is 4.74 Å². The molecular weight excluding hydrogens is 456 g/mol. The van der Waals surface area contributed by atoms with Crippen LogP contribution in [0.5, 0.6) is 11.5 Å². The average molecular weight is 493 g/mol. The van der Waals surface area contributed by atoms with Gasteiger partial charge in [0.15, 0.2) is 11.5 Å². The number of aliphatic hydroxyl groups is 1. The zero-order valence-corrected chi connectivity index (χ0v) is 21.3. The molecule has 2 aliphatic carbocycles. The van der Waals surface area contributed by atoms with Gasteiger partial charge in [-0.3, -0.25) is 9.69 Å². The van der Waals surface area contributed by atoms with Gasteiger partial charge in [0.1, 0.15) is 6.10 Å². The number of aryl methyl sites for hydroxylation is 1. The van der Waals surface area contributed by atoms with Crippen molar-refractivity contribution in [2.45, 2.75) is 75.2 Å². The smallest absolute Gasteiger partial charge is 0.246 e. The first-order valence-electron chi connectivity index (χ1n) is 13.2. The molecule has 0 radical (unpaired) electrons. The molecule has 2 N–H and O–H groups in total. The summed E-state index contributed by atoms with van der Waals surface area (Å²) in [4.78, 5) is 17.5. The van der Waals surface area contributed by atoms with Crippen LogP contribution in [0, 0.1) is 12.8 Å². The number of ether oxygens (including phenoxy) is 1. The molecule has 0 unspecified atom stereocenters. The Morgan fingerprint density at radius 1 is 1.25 bits per heavy atom. The van der Waals surface area contributed by atoms with Gasteiger partial charge in [0, 0.05) is 36.8 Å². The van der Waals surface area contributed by atoms with E-state index in [4.69, 9.17) is 9.15 Å². The van der Waals surface area contributed by atoms with Gasteiger partial charge in [-0.2, -0.15) is 0 Å². The molecule has 4 aliphatic rings. The third-order valence-electron chi connectivity index (χ3n) is 9.49. The number of hydrogen-bond acceptors (Lipinski definition) is 6. The van der Waals surface area contributed by atoms with Gasteiger partial charge >= 0.3 is 0 Å². The Bertz CT molecular complexity index is 1190. The molecule has 192 valence electrons. The first-order chi connectivity index (χ1) is 17.3. The standard InChI is InChI=1S/C29H36N2O5/c1-18-4-8-23(32)26-25(18)28-13-14-31(16-20-5-6-20)19(2)29(28,34)12-10-22(27(28)36-26)30(3)24(33)9-7-21-11-15-35-17-21/h4,7-9,11,15,17,19-20,22,27,32,34H,5-6,10,12-14,16H2,1-3H3/b9-7+/t19-,22-,27+,28+,29-/m1/s1. The number of nitrogens with zero attached hydrogens (tertiary/aromatic N) is 2. The number of hydrogen-bond donors (Lipinski definition) is 2. The van der Waals surface area contributed by atoms with Crippen LogP contribution in [-0.2, 0) is 10.2 Å². The quantitative estimate of drug-likeness (QED) is 0.617. The first kappa shape index (κ1) is 23.6. The average Bonchev–Trinajstić information content (AvgIpc) is 3.38. The maximum atomic E-state index is 13.2. The van der Waals surface area contributed by atoms with Crippen LogP contribution in [0.25, 0.3) is 6.08 Å². The second-order valence-electron chi connectivity index (χ2n) is 11.3. The Kier molecular flexibility index (Phi) is 5.50. The number of rotatable bonds is 5. The topological polar surface area (TPSA) is 86.4 Å². The van der Waals surface area contributed by atoms with E-state index in [2.05, 4.69) is 11.8 Å². The van der Waals surface area contributed by atoms with E-state index in [1.807, 2.05) is 20.0 Å². The highest BCUT2D eigenvalue weighted by Gasteiger charge is 2.70. The number of aromatic hydroxyl groups is 1. The van der Waals surface area contributed by atoms with Crippen LogP contribution in [0.2, 0.25) is 0 Å². The first-order valence-corrected chi connectivity index (χ1v) is 13.2. The predicted molar refractivity (Wildman–Crippen MR) is 136 cm³/mol. The molecule has 3 fully saturated rings. The predicted octanol–water partition coefficient (Wildman–Crippen LogP) is 3.86. The lowest BCUT2D eigenvalue weighted by Crippen LogP contribution is -2.75. The molecule has 0 bridgehead atoms. The third-order valence-corrected chi connectivity index (χ3v) is 9.49. The van der Waals surface area contributed by atoms with Crippen molar-refractivity contribution in [3.8, 4) is 11.5 Å². The van der Waals surface area contributed by atoms with Crippen LogP contribution >= 0.6 is 0 Å². The van der Waals surface area contributed by atoms with Gasteiger partial charge < -0.3 is 24.3 Å². The maximum Gasteiger partial charge on any atom is 0.246 e. The highest BCUT2D eigenvalue weighted by molar-refractivity contribution is 5.91. The lowest BCUT2D eigenvalue weighted by atomic mass is 9.51. The molecule has 7 heteroatoms. The lowest BCUT2D eigenvalue weighted by Gasteiger charge is -2.62. The van der Waals surface area contributed by atoms with Crippen molar-refractivity contribution >= 4 is 12.0 Å². The van der Waals surface area contributed by atoms with Gasteiger partial charge in [0.2, 0.25) is 5.91 Å². The summed E-state index contributed by atoms with van der Waals surface area (Å²) in [6, 6.07) is 5.11. The van der Waals surface area contributed by atoms with Crippen molar-refractivity contribution in [1.82, 2.24) is 9.80 Å². The summed E-state index contributed by atoms with van der Waals surface area (Å²) in [5.74, 6) is 1.19. The molecule has 1 spiro atoms. The number of carbonyl (C=O) groups is 1. The second-order valence-corrected chi connectivity index (χ2v) is 11.3. The number of fused-ring (bicyclic) bond motifs is 1. The molecule has 1 aromatic carbocycles. The fraction of sp³-hybridized carbons (Fsp3) is 0.552. The minimum Gasteiger partial charge on any atom is -0.504 e. The van der Waals surface area contributed by atoms with Gasteiger partial charge in [0.25, 0.3) is 0 Å². The highest BCUT2D eigenvalue weighted by Crippen LogP contribution is 2.63. The number of carbonyl (C=O) groups excluding carboxylic acids is 1. The Morgan fingerprint density at radius 3 is 2.78 bits per heavy atom. The molecule has 1 saturated heterocycles. The van der Waals surface area contributed by atoms with Crippen molar-refractivity contribution in [2.24, 2.45) is 5.92 Å². The molecule has 1 aromatic heterocycles. The summed E-state index contributed by atoms with van der Waals surface area (Å²) in [6.45, 7) is 6.07. The number of amides is 1. The maximum absolute atomic E-state index is 13.2. The third kappa shape index (κ3) is 3.36. The van der Waals surface area contributed by atoms with Crippen LogP contribution in [0.15, 0.2) is 41.2 Å². The summed E-state index contributed by atoms with van der Waals surface area (Å²) >= 11 is 0. The molecule has 7 nitrogen and oxygen atoms in total. The number of likely N-dealkylation sites (tertiary alicyclic amines) is 1. The number of likely N-dealkylation sites (N-methyl/N-ethyl adjacent to an activating group) is 1. The molecule has 1 amide bonds. The van der Waals surface area contributed by atoms with E-state index in [0.717, 1.165) is 42.1 Å². The minimum atomic E-state index is -1.03. The number of furan rings is 1. The summed E-state index contributed by atoms with van der Waals surface area (Å²) in [6.07, 6.45) is 10.5. The van der Waals surface area contributed by atoms with Crippen molar-refractivity contribution in [3.63, 3.8) is 0 Å². The molecule has 2 aliphatic heterocycles. The molecule has 36 heavy (non-hydrogen) atoms. The molecule has 2 saturated carbocycles. The zero-order chi connectivity index (χ0) is 25.2. The second kappa shape index (κ2) is 8.38. The van der Waals surface area contributed by atoms with Gasteiger partial charge in [-0.25, -0.2) is 0 Å². The van der Waals surface area contributed by atoms with E-state index in [1.54, 1.807) is 41.7 Å². The van der Waals surface area contributed by atoms with Gasteiger partial charge in [0.05, 0.1) is 29.6 Å².